The molecule has 1 amide bonds. The highest BCUT2D eigenvalue weighted by Crippen LogP contribution is 2.37. The summed E-state index contributed by atoms with van der Waals surface area (Å²) < 4.78 is 54.7. The number of thiophene rings is 1. The normalized spacial score (nSPS) is 11.9. The van der Waals surface area contributed by atoms with E-state index in [0.29, 0.717) is 10.7 Å². The first-order chi connectivity index (χ1) is 13.1. The minimum absolute atomic E-state index is 0.00233. The van der Waals surface area contributed by atoms with E-state index in [9.17, 15) is 22.4 Å². The number of hydrogen-bond acceptors (Lipinski definition) is 3. The van der Waals surface area contributed by atoms with Crippen LogP contribution in [0.2, 0.25) is 5.02 Å². The largest absolute Gasteiger partial charge is 0.435 e. The second kappa shape index (κ2) is 7.56. The summed E-state index contributed by atoms with van der Waals surface area (Å²) >= 11 is 6.73. The van der Waals surface area contributed by atoms with Gasteiger partial charge in [0.2, 0.25) is 0 Å². The Morgan fingerprint density at radius 3 is 2.54 bits per heavy atom. The van der Waals surface area contributed by atoms with Crippen molar-refractivity contribution in [3.05, 3.63) is 57.8 Å². The number of benzene rings is 1. The van der Waals surface area contributed by atoms with E-state index in [1.807, 2.05) is 0 Å². The van der Waals surface area contributed by atoms with Gasteiger partial charge in [-0.1, -0.05) is 23.7 Å². The first kappa shape index (κ1) is 20.3. The quantitative estimate of drug-likeness (QED) is 0.496. The third-order valence-electron chi connectivity index (χ3n) is 3.78. The fourth-order valence-electron chi connectivity index (χ4n) is 2.50. The molecule has 0 aliphatic rings. The van der Waals surface area contributed by atoms with Crippen LogP contribution in [0.25, 0.3) is 10.6 Å². The Hall–Kier alpha value is -2.39. The fraction of sp³-hybridized carbons (Fsp3) is 0.222. The zero-order valence-corrected chi connectivity index (χ0v) is 16.2. The molecule has 0 aliphatic carbocycles. The van der Waals surface area contributed by atoms with Gasteiger partial charge in [-0.05, 0) is 38.1 Å². The van der Waals surface area contributed by atoms with E-state index in [-0.39, 0.29) is 15.4 Å². The molecule has 0 aliphatic heterocycles. The molecule has 0 bridgehead atoms. The molecule has 10 heteroatoms. The van der Waals surface area contributed by atoms with Crippen LogP contribution in [0.4, 0.5) is 23.2 Å². The van der Waals surface area contributed by atoms with Crippen LogP contribution in [0.3, 0.4) is 0 Å². The van der Waals surface area contributed by atoms with E-state index in [1.165, 1.54) is 0 Å². The Morgan fingerprint density at radius 2 is 1.93 bits per heavy atom. The second-order valence-electron chi connectivity index (χ2n) is 6.17. The molecule has 0 unspecified atom stereocenters. The average molecular weight is 432 g/mol. The van der Waals surface area contributed by atoms with Crippen LogP contribution in [0.1, 0.15) is 35.3 Å². The van der Waals surface area contributed by atoms with Crippen molar-refractivity contribution in [2.24, 2.45) is 0 Å². The van der Waals surface area contributed by atoms with Crippen LogP contribution < -0.4 is 5.32 Å². The Kier molecular flexibility index (Phi) is 5.49. The van der Waals surface area contributed by atoms with Crippen LogP contribution in [-0.2, 0) is 6.18 Å². The number of rotatable bonds is 4. The molecular formula is C18H14ClF4N3OS. The van der Waals surface area contributed by atoms with E-state index in [0.717, 1.165) is 28.2 Å². The van der Waals surface area contributed by atoms with E-state index in [4.69, 9.17) is 11.6 Å². The summed E-state index contributed by atoms with van der Waals surface area (Å²) in [6, 6.07) is 7.84. The summed E-state index contributed by atoms with van der Waals surface area (Å²) in [7, 11) is 0. The highest BCUT2D eigenvalue weighted by atomic mass is 35.5. The summed E-state index contributed by atoms with van der Waals surface area (Å²) in [5, 5.41) is 6.41. The number of carbonyl (C=O) groups excluding carboxylic acids is 1. The Labute approximate surface area is 166 Å². The number of nitrogens with one attached hydrogen (secondary N) is 1. The van der Waals surface area contributed by atoms with Crippen molar-refractivity contribution in [2.75, 3.05) is 5.32 Å². The fourth-order valence-corrected chi connectivity index (χ4v) is 3.62. The maximum Gasteiger partial charge on any atom is 0.435 e. The van der Waals surface area contributed by atoms with Crippen molar-refractivity contribution in [1.82, 2.24) is 9.78 Å². The van der Waals surface area contributed by atoms with Crippen molar-refractivity contribution in [3.8, 4) is 10.6 Å². The van der Waals surface area contributed by atoms with Crippen LogP contribution in [0.5, 0.6) is 0 Å². The van der Waals surface area contributed by atoms with Crippen molar-refractivity contribution < 1.29 is 22.4 Å². The van der Waals surface area contributed by atoms with Gasteiger partial charge < -0.3 is 5.32 Å². The van der Waals surface area contributed by atoms with Crippen LogP contribution in [0.15, 0.2) is 36.4 Å². The molecule has 4 nitrogen and oxygen atoms in total. The molecule has 1 aromatic carbocycles. The van der Waals surface area contributed by atoms with Gasteiger partial charge in [0.1, 0.15) is 5.82 Å². The molecule has 0 fully saturated rings. The molecule has 0 saturated heterocycles. The molecule has 3 rings (SSSR count). The predicted octanol–water partition coefficient (Wildman–Crippen LogP) is 6.26. The highest BCUT2D eigenvalue weighted by Gasteiger charge is 2.36. The molecule has 28 heavy (non-hydrogen) atoms. The number of alkyl halides is 3. The highest BCUT2D eigenvalue weighted by molar-refractivity contribution is 7.17. The third kappa shape index (κ3) is 4.05. The van der Waals surface area contributed by atoms with Gasteiger partial charge >= 0.3 is 6.18 Å². The van der Waals surface area contributed by atoms with E-state index in [1.54, 1.807) is 38.1 Å². The van der Waals surface area contributed by atoms with Gasteiger partial charge in [0.15, 0.2) is 5.69 Å². The molecule has 0 radical (unpaired) electrons. The SMILES string of the molecule is CC(C)n1nc(C(F)(F)F)cc1-c1sc(C(=O)Nc2ccccc2Cl)cc1F. The third-order valence-corrected chi connectivity index (χ3v) is 5.24. The summed E-state index contributed by atoms with van der Waals surface area (Å²) in [5.74, 6) is -1.42. The number of halogens is 5. The van der Waals surface area contributed by atoms with Crippen LogP contribution in [-0.4, -0.2) is 15.7 Å². The maximum atomic E-state index is 14.5. The van der Waals surface area contributed by atoms with Crippen molar-refractivity contribution >= 4 is 34.5 Å². The van der Waals surface area contributed by atoms with Crippen LogP contribution >= 0.6 is 22.9 Å². The molecule has 3 aromatic rings. The number of carbonyl (C=O) groups is 1. The van der Waals surface area contributed by atoms with Gasteiger partial charge in [0, 0.05) is 6.04 Å². The molecule has 2 heterocycles. The lowest BCUT2D eigenvalue weighted by atomic mass is 10.2. The van der Waals surface area contributed by atoms with Crippen molar-refractivity contribution in [2.45, 2.75) is 26.1 Å². The van der Waals surface area contributed by atoms with E-state index < -0.39 is 29.6 Å². The smallest absolute Gasteiger partial charge is 0.320 e. The van der Waals surface area contributed by atoms with Gasteiger partial charge in [0.05, 0.1) is 26.2 Å². The Morgan fingerprint density at radius 1 is 1.25 bits per heavy atom. The number of para-hydroxylation sites is 1. The lowest BCUT2D eigenvalue weighted by Crippen LogP contribution is -2.10. The van der Waals surface area contributed by atoms with Gasteiger partial charge in [-0.15, -0.1) is 11.3 Å². The molecular weight excluding hydrogens is 418 g/mol. The topological polar surface area (TPSA) is 46.9 Å². The molecule has 0 atom stereocenters. The standard InChI is InChI=1S/C18H14ClF4N3OS/c1-9(2)26-13(8-15(25-26)18(21,22)23)16-11(20)7-14(28-16)17(27)24-12-6-4-3-5-10(12)19/h3-9H,1-2H3,(H,24,27). The first-order valence-electron chi connectivity index (χ1n) is 8.10. The molecule has 2 aromatic heterocycles. The molecule has 0 saturated carbocycles. The maximum absolute atomic E-state index is 14.5. The van der Waals surface area contributed by atoms with Crippen molar-refractivity contribution in [1.29, 1.82) is 0 Å². The summed E-state index contributed by atoms with van der Waals surface area (Å²) in [6.45, 7) is 3.26. The average Bonchev–Trinajstić information content (AvgIpc) is 3.20. The second-order valence-corrected chi connectivity index (χ2v) is 7.63. The molecule has 148 valence electrons. The zero-order valence-electron chi connectivity index (χ0n) is 14.6. The monoisotopic (exact) mass is 431 g/mol. The predicted molar refractivity (Wildman–Crippen MR) is 100 cm³/mol. The number of nitrogens with zero attached hydrogens (tertiary/aromatic N) is 2. The Balaban J connectivity index is 1.98. The Bertz CT molecular complexity index is 1030. The van der Waals surface area contributed by atoms with E-state index >= 15 is 0 Å². The molecule has 1 N–H and O–H groups in total. The number of anilines is 1. The first-order valence-corrected chi connectivity index (χ1v) is 9.29. The summed E-state index contributed by atoms with van der Waals surface area (Å²) in [4.78, 5) is 12.3. The summed E-state index contributed by atoms with van der Waals surface area (Å²) in [5.41, 5.74) is -0.816. The lowest BCUT2D eigenvalue weighted by Gasteiger charge is -2.09. The minimum atomic E-state index is -4.66. The number of amides is 1. The van der Waals surface area contributed by atoms with Gasteiger partial charge in [-0.25, -0.2) is 4.39 Å². The number of hydrogen-bond donors (Lipinski definition) is 1. The van der Waals surface area contributed by atoms with Crippen molar-refractivity contribution in [3.63, 3.8) is 0 Å². The van der Waals surface area contributed by atoms with Crippen LogP contribution in [0, 0.1) is 5.82 Å². The molecule has 0 spiro atoms. The van der Waals surface area contributed by atoms with E-state index in [2.05, 4.69) is 10.4 Å². The van der Waals surface area contributed by atoms with Gasteiger partial charge in [-0.3, -0.25) is 9.48 Å². The zero-order chi connectivity index (χ0) is 20.6. The number of aromatic nitrogens is 2. The van der Waals surface area contributed by atoms with Gasteiger partial charge in [-0.2, -0.15) is 18.3 Å². The summed E-state index contributed by atoms with van der Waals surface area (Å²) in [6.07, 6.45) is -4.66. The minimum Gasteiger partial charge on any atom is -0.320 e. The lowest BCUT2D eigenvalue weighted by molar-refractivity contribution is -0.141. The van der Waals surface area contributed by atoms with Gasteiger partial charge in [0.25, 0.3) is 5.91 Å².